The first-order chi connectivity index (χ1) is 12.6. The Morgan fingerprint density at radius 2 is 1.54 bits per heavy atom. The average Bonchev–Trinajstić information content (AvgIpc) is 2.67. The maximum absolute atomic E-state index is 11.7. The number of likely N-dealkylation sites (N-methyl/N-ethyl adjacent to an activating group) is 1. The first kappa shape index (κ1) is 20.1. The molecule has 0 aromatic rings. The van der Waals surface area contributed by atoms with Gasteiger partial charge in [0.25, 0.3) is 0 Å². The highest BCUT2D eigenvalue weighted by molar-refractivity contribution is 5.69. The Balaban J connectivity index is 1.60. The molecule has 3 saturated heterocycles. The number of ether oxygens (including phenoxy) is 1. The minimum Gasteiger partial charge on any atom is -0.469 e. The third kappa shape index (κ3) is 5.18. The number of carbonyl (C=O) groups excluding carboxylic acids is 1. The number of nitrogens with zero attached hydrogens (tertiary/aromatic N) is 4. The van der Waals surface area contributed by atoms with E-state index in [-0.39, 0.29) is 5.97 Å². The molecule has 0 unspecified atom stereocenters. The van der Waals surface area contributed by atoms with Gasteiger partial charge in [-0.05, 0) is 65.3 Å². The molecule has 6 nitrogen and oxygen atoms in total. The molecule has 3 rings (SSSR count). The SMILES string of the molecule is COC(=O)CC[C@@H]1CN(C2CCN(C)CC2)CC[C@@H]1N1CCN(C)CC1. The molecule has 150 valence electrons. The molecule has 26 heavy (non-hydrogen) atoms. The fraction of sp³-hybridized carbons (Fsp3) is 0.950. The summed E-state index contributed by atoms with van der Waals surface area (Å²) in [5.41, 5.74) is 0. The topological polar surface area (TPSA) is 39.3 Å². The fourth-order valence-electron chi connectivity index (χ4n) is 5.06. The molecule has 0 saturated carbocycles. The minimum absolute atomic E-state index is 0.0569. The van der Waals surface area contributed by atoms with Gasteiger partial charge in [0.2, 0.25) is 0 Å². The Kier molecular flexibility index (Phi) is 7.32. The number of piperidine rings is 2. The number of hydrogen-bond donors (Lipinski definition) is 0. The van der Waals surface area contributed by atoms with Crippen LogP contribution in [0, 0.1) is 5.92 Å². The summed E-state index contributed by atoms with van der Waals surface area (Å²) in [5, 5.41) is 0. The summed E-state index contributed by atoms with van der Waals surface area (Å²) in [6, 6.07) is 1.37. The standard InChI is InChI=1S/C20H38N4O2/c1-21-9-6-18(7-10-21)24-11-8-19(23-14-12-22(2)13-15-23)17(16-24)4-5-20(25)26-3/h17-19H,4-16H2,1-3H3/t17-,19+/m1/s1. The summed E-state index contributed by atoms with van der Waals surface area (Å²) < 4.78 is 4.91. The maximum Gasteiger partial charge on any atom is 0.305 e. The van der Waals surface area contributed by atoms with E-state index in [0.717, 1.165) is 19.0 Å². The molecule has 3 fully saturated rings. The quantitative estimate of drug-likeness (QED) is 0.675. The molecule has 0 N–H and O–H groups in total. The van der Waals surface area contributed by atoms with Crippen molar-refractivity contribution in [3.63, 3.8) is 0 Å². The molecule has 3 aliphatic rings. The van der Waals surface area contributed by atoms with E-state index >= 15 is 0 Å². The van der Waals surface area contributed by atoms with Crippen LogP contribution in [0.3, 0.4) is 0 Å². The predicted octanol–water partition coefficient (Wildman–Crippen LogP) is 0.972. The lowest BCUT2D eigenvalue weighted by Gasteiger charge is -2.49. The van der Waals surface area contributed by atoms with Crippen molar-refractivity contribution in [3.05, 3.63) is 0 Å². The van der Waals surface area contributed by atoms with E-state index in [1.54, 1.807) is 0 Å². The van der Waals surface area contributed by atoms with Crippen molar-refractivity contribution in [1.82, 2.24) is 19.6 Å². The molecule has 3 heterocycles. The smallest absolute Gasteiger partial charge is 0.305 e. The van der Waals surface area contributed by atoms with Crippen LogP contribution in [0.4, 0.5) is 0 Å². The van der Waals surface area contributed by atoms with Gasteiger partial charge in [-0.3, -0.25) is 14.6 Å². The summed E-state index contributed by atoms with van der Waals surface area (Å²) in [7, 11) is 5.95. The molecule has 0 amide bonds. The second kappa shape index (κ2) is 9.49. The van der Waals surface area contributed by atoms with Crippen LogP contribution in [0.25, 0.3) is 0 Å². The normalized spacial score (nSPS) is 31.2. The van der Waals surface area contributed by atoms with Crippen molar-refractivity contribution in [3.8, 4) is 0 Å². The van der Waals surface area contributed by atoms with Crippen molar-refractivity contribution < 1.29 is 9.53 Å². The lowest BCUT2D eigenvalue weighted by Crippen LogP contribution is -2.58. The number of methoxy groups -OCH3 is 1. The Hall–Kier alpha value is -0.690. The van der Waals surface area contributed by atoms with Crippen molar-refractivity contribution in [2.75, 3.05) is 73.6 Å². The summed E-state index contributed by atoms with van der Waals surface area (Å²) in [5.74, 6) is 0.532. The Morgan fingerprint density at radius 3 is 2.19 bits per heavy atom. The van der Waals surface area contributed by atoms with Gasteiger partial charge in [0.15, 0.2) is 0 Å². The summed E-state index contributed by atoms with van der Waals surface area (Å²) in [6.07, 6.45) is 5.36. The molecule has 0 radical (unpaired) electrons. The van der Waals surface area contributed by atoms with E-state index in [1.165, 1.54) is 72.2 Å². The molecule has 3 aliphatic heterocycles. The lowest BCUT2D eigenvalue weighted by molar-refractivity contribution is -0.141. The van der Waals surface area contributed by atoms with Crippen molar-refractivity contribution in [2.45, 2.75) is 44.2 Å². The van der Waals surface area contributed by atoms with Crippen molar-refractivity contribution in [1.29, 1.82) is 0 Å². The van der Waals surface area contributed by atoms with Crippen LogP contribution in [-0.2, 0) is 9.53 Å². The molecule has 0 aromatic heterocycles. The third-order valence-electron chi connectivity index (χ3n) is 6.88. The van der Waals surface area contributed by atoms with Gasteiger partial charge in [-0.25, -0.2) is 0 Å². The van der Waals surface area contributed by atoms with Gasteiger partial charge in [0.1, 0.15) is 0 Å². The summed E-state index contributed by atoms with van der Waals surface area (Å²) >= 11 is 0. The molecular formula is C20H38N4O2. The Bertz CT molecular complexity index is 445. The number of rotatable bonds is 5. The molecule has 0 aromatic carbocycles. The first-order valence-corrected chi connectivity index (χ1v) is 10.5. The first-order valence-electron chi connectivity index (χ1n) is 10.5. The summed E-state index contributed by atoms with van der Waals surface area (Å²) in [4.78, 5) is 22.0. The van der Waals surface area contributed by atoms with E-state index in [1.807, 2.05) is 0 Å². The predicted molar refractivity (Wildman–Crippen MR) is 104 cm³/mol. The lowest BCUT2D eigenvalue weighted by atomic mass is 9.85. The van der Waals surface area contributed by atoms with Gasteiger partial charge in [-0.2, -0.15) is 0 Å². The third-order valence-corrected chi connectivity index (χ3v) is 6.88. The van der Waals surface area contributed by atoms with Crippen LogP contribution < -0.4 is 0 Å². The number of likely N-dealkylation sites (tertiary alicyclic amines) is 2. The Morgan fingerprint density at radius 1 is 0.885 bits per heavy atom. The van der Waals surface area contributed by atoms with Gasteiger partial charge in [-0.15, -0.1) is 0 Å². The van der Waals surface area contributed by atoms with Crippen molar-refractivity contribution >= 4 is 5.97 Å². The number of esters is 1. The molecular weight excluding hydrogens is 328 g/mol. The van der Waals surface area contributed by atoms with Crippen LogP contribution in [0.5, 0.6) is 0 Å². The zero-order valence-corrected chi connectivity index (χ0v) is 17.0. The van der Waals surface area contributed by atoms with Crippen LogP contribution >= 0.6 is 0 Å². The van der Waals surface area contributed by atoms with E-state index < -0.39 is 0 Å². The highest BCUT2D eigenvalue weighted by atomic mass is 16.5. The number of carbonyl (C=O) groups is 1. The zero-order valence-electron chi connectivity index (χ0n) is 17.0. The zero-order chi connectivity index (χ0) is 18.5. The number of hydrogen-bond acceptors (Lipinski definition) is 6. The van der Waals surface area contributed by atoms with Crippen molar-refractivity contribution in [2.24, 2.45) is 5.92 Å². The maximum atomic E-state index is 11.7. The highest BCUT2D eigenvalue weighted by Crippen LogP contribution is 2.30. The van der Waals surface area contributed by atoms with Gasteiger partial charge in [0.05, 0.1) is 7.11 Å². The average molecular weight is 367 g/mol. The second-order valence-corrected chi connectivity index (χ2v) is 8.60. The van der Waals surface area contributed by atoms with E-state index in [0.29, 0.717) is 18.4 Å². The van der Waals surface area contributed by atoms with Crippen LogP contribution in [0.15, 0.2) is 0 Å². The van der Waals surface area contributed by atoms with Gasteiger partial charge in [-0.1, -0.05) is 0 Å². The van der Waals surface area contributed by atoms with E-state index in [2.05, 4.69) is 33.7 Å². The fourth-order valence-corrected chi connectivity index (χ4v) is 5.06. The van der Waals surface area contributed by atoms with Gasteiger partial charge >= 0.3 is 5.97 Å². The van der Waals surface area contributed by atoms with E-state index in [9.17, 15) is 4.79 Å². The van der Waals surface area contributed by atoms with Gasteiger partial charge < -0.3 is 14.5 Å². The molecule has 0 aliphatic carbocycles. The van der Waals surface area contributed by atoms with E-state index in [4.69, 9.17) is 4.74 Å². The molecule has 0 spiro atoms. The van der Waals surface area contributed by atoms with Gasteiger partial charge in [0, 0.05) is 51.2 Å². The Labute approximate surface area is 159 Å². The highest BCUT2D eigenvalue weighted by Gasteiger charge is 2.37. The molecule has 0 bridgehead atoms. The molecule has 2 atom stereocenters. The van der Waals surface area contributed by atoms with Crippen LogP contribution in [0.2, 0.25) is 0 Å². The summed E-state index contributed by atoms with van der Waals surface area (Å²) in [6.45, 7) is 9.49. The van der Waals surface area contributed by atoms with Crippen LogP contribution in [0.1, 0.15) is 32.1 Å². The minimum atomic E-state index is -0.0569. The van der Waals surface area contributed by atoms with Crippen LogP contribution in [-0.4, -0.2) is 111 Å². The number of piperazine rings is 1. The molecule has 6 heteroatoms. The second-order valence-electron chi connectivity index (χ2n) is 8.60. The monoisotopic (exact) mass is 366 g/mol. The largest absolute Gasteiger partial charge is 0.469 e.